The molecule has 3 aliphatic rings. The maximum Gasteiger partial charge on any atom is 0.416 e. The molecule has 1 aromatic carbocycles. The highest BCUT2D eigenvalue weighted by molar-refractivity contribution is 5.98. The standard InChI is InChI=1S/C27H28F3N7O4/c28-27(29,30)21-15-35(10-11-41-21)22(38)16-36-17-37(20-4-2-1-3-5-20)26(25(36)40)6-8-34(9-7-26)24(39)19-12-18-14-32-33-23(18)31-13-19/h1-5,12-14,21H,6-11,15-17H2,(H,31,32,33)/t21-/m0/s1. The number of aromatic nitrogens is 3. The van der Waals surface area contributed by atoms with Crippen molar-refractivity contribution in [3.05, 3.63) is 54.4 Å². The van der Waals surface area contributed by atoms with Gasteiger partial charge in [-0.05, 0) is 31.0 Å². The number of amides is 3. The van der Waals surface area contributed by atoms with Gasteiger partial charge in [-0.3, -0.25) is 19.5 Å². The van der Waals surface area contributed by atoms with Crippen molar-refractivity contribution < 1.29 is 32.3 Å². The zero-order valence-electron chi connectivity index (χ0n) is 22.0. The van der Waals surface area contributed by atoms with Crippen LogP contribution in [0, 0.1) is 0 Å². The summed E-state index contributed by atoms with van der Waals surface area (Å²) in [7, 11) is 0. The van der Waals surface area contributed by atoms with Crippen LogP contribution in [0.25, 0.3) is 11.0 Å². The molecule has 11 nitrogen and oxygen atoms in total. The van der Waals surface area contributed by atoms with Gasteiger partial charge >= 0.3 is 6.18 Å². The van der Waals surface area contributed by atoms with Crippen LogP contribution in [0.4, 0.5) is 18.9 Å². The highest BCUT2D eigenvalue weighted by Crippen LogP contribution is 2.40. The summed E-state index contributed by atoms with van der Waals surface area (Å²) in [6.07, 6.45) is -2.89. The Kier molecular flexibility index (Phi) is 6.80. The van der Waals surface area contributed by atoms with Crippen molar-refractivity contribution in [2.75, 3.05) is 50.9 Å². The van der Waals surface area contributed by atoms with E-state index >= 15 is 0 Å². The molecular formula is C27H28F3N7O4. The van der Waals surface area contributed by atoms with Gasteiger partial charge in [0, 0.05) is 36.9 Å². The number of benzene rings is 1. The minimum Gasteiger partial charge on any atom is -0.365 e. The summed E-state index contributed by atoms with van der Waals surface area (Å²) in [4.78, 5) is 50.7. The van der Waals surface area contributed by atoms with Crippen LogP contribution in [0.3, 0.4) is 0 Å². The van der Waals surface area contributed by atoms with Gasteiger partial charge in [-0.1, -0.05) is 18.2 Å². The lowest BCUT2D eigenvalue weighted by Gasteiger charge is -2.43. The van der Waals surface area contributed by atoms with Gasteiger partial charge < -0.3 is 24.3 Å². The lowest BCUT2D eigenvalue weighted by atomic mass is 9.85. The van der Waals surface area contributed by atoms with E-state index in [1.54, 1.807) is 17.2 Å². The normalized spacial score (nSPS) is 21.2. The molecule has 2 aromatic heterocycles. The van der Waals surface area contributed by atoms with Crippen molar-refractivity contribution in [1.29, 1.82) is 0 Å². The number of pyridine rings is 1. The number of aromatic amines is 1. The molecule has 1 N–H and O–H groups in total. The van der Waals surface area contributed by atoms with Crippen LogP contribution in [0.15, 0.2) is 48.8 Å². The number of H-pyrrole nitrogens is 1. The molecular weight excluding hydrogens is 543 g/mol. The summed E-state index contributed by atoms with van der Waals surface area (Å²) in [6, 6.07) is 11.0. The third-order valence-electron chi connectivity index (χ3n) is 8.11. The highest BCUT2D eigenvalue weighted by atomic mass is 19.4. The Bertz CT molecular complexity index is 1460. The summed E-state index contributed by atoms with van der Waals surface area (Å²) in [6.45, 7) is -0.432. The molecule has 3 amide bonds. The van der Waals surface area contributed by atoms with E-state index in [0.29, 0.717) is 42.5 Å². The SMILES string of the molecule is O=C(CN1CN(c2ccccc2)C2(CCN(C(=O)c3cnc4[nH]ncc4c3)CC2)C1=O)N1CCO[C@H](C(F)(F)F)C1. The molecule has 41 heavy (non-hydrogen) atoms. The lowest BCUT2D eigenvalue weighted by Crippen LogP contribution is -2.57. The van der Waals surface area contributed by atoms with Crippen LogP contribution in [-0.2, 0) is 14.3 Å². The van der Waals surface area contributed by atoms with Gasteiger partial charge in [-0.15, -0.1) is 0 Å². The average molecular weight is 572 g/mol. The van der Waals surface area contributed by atoms with Crippen molar-refractivity contribution in [1.82, 2.24) is 29.9 Å². The van der Waals surface area contributed by atoms with Crippen molar-refractivity contribution in [3.8, 4) is 0 Å². The molecule has 3 fully saturated rings. The van der Waals surface area contributed by atoms with Gasteiger partial charge in [0.25, 0.3) is 11.8 Å². The van der Waals surface area contributed by atoms with E-state index in [9.17, 15) is 27.6 Å². The zero-order valence-corrected chi connectivity index (χ0v) is 22.0. The number of carbonyl (C=O) groups excluding carboxylic acids is 3. The van der Waals surface area contributed by atoms with Gasteiger partial charge in [0.05, 0.1) is 31.6 Å². The first-order chi connectivity index (χ1) is 19.7. The highest BCUT2D eigenvalue weighted by Gasteiger charge is 2.55. The number of anilines is 1. The summed E-state index contributed by atoms with van der Waals surface area (Å²) < 4.78 is 44.4. The Hall–Kier alpha value is -4.20. The number of fused-ring (bicyclic) bond motifs is 1. The van der Waals surface area contributed by atoms with Crippen LogP contribution in [0.5, 0.6) is 0 Å². The summed E-state index contributed by atoms with van der Waals surface area (Å²) in [5.74, 6) is -1.04. The molecule has 0 bridgehead atoms. The summed E-state index contributed by atoms with van der Waals surface area (Å²) >= 11 is 0. The maximum absolute atomic E-state index is 14.0. The number of halogens is 3. The molecule has 0 unspecified atom stereocenters. The van der Waals surface area contributed by atoms with Gasteiger partial charge in [-0.2, -0.15) is 18.3 Å². The van der Waals surface area contributed by atoms with E-state index < -0.39 is 30.3 Å². The molecule has 216 valence electrons. The topological polar surface area (TPSA) is 115 Å². The van der Waals surface area contributed by atoms with Crippen LogP contribution < -0.4 is 4.90 Å². The smallest absolute Gasteiger partial charge is 0.365 e. The molecule has 0 radical (unpaired) electrons. The quantitative estimate of drug-likeness (QED) is 0.510. The van der Waals surface area contributed by atoms with E-state index in [2.05, 4.69) is 15.2 Å². The summed E-state index contributed by atoms with van der Waals surface area (Å²) in [5, 5.41) is 7.41. The largest absolute Gasteiger partial charge is 0.416 e. The predicted molar refractivity (Wildman–Crippen MR) is 140 cm³/mol. The fourth-order valence-corrected chi connectivity index (χ4v) is 5.88. The number of ether oxygens (including phenoxy) is 1. The Morgan fingerprint density at radius 1 is 1.07 bits per heavy atom. The van der Waals surface area contributed by atoms with Crippen LogP contribution in [0.1, 0.15) is 23.2 Å². The Balaban J connectivity index is 1.19. The van der Waals surface area contributed by atoms with Crippen molar-refractivity contribution in [2.24, 2.45) is 0 Å². The molecule has 3 aromatic rings. The first-order valence-electron chi connectivity index (χ1n) is 13.3. The number of rotatable bonds is 4. The number of hydrogen-bond donors (Lipinski definition) is 1. The summed E-state index contributed by atoms with van der Waals surface area (Å²) in [5.41, 5.74) is 0.788. The second-order valence-electron chi connectivity index (χ2n) is 10.5. The zero-order chi connectivity index (χ0) is 28.8. The molecule has 0 aliphatic carbocycles. The number of carbonyl (C=O) groups is 3. The molecule has 1 atom stereocenters. The molecule has 14 heteroatoms. The van der Waals surface area contributed by atoms with Crippen LogP contribution in [-0.4, -0.2) is 111 Å². The van der Waals surface area contributed by atoms with Crippen LogP contribution in [0.2, 0.25) is 0 Å². The maximum atomic E-state index is 14.0. The lowest BCUT2D eigenvalue weighted by molar-refractivity contribution is -0.236. The third kappa shape index (κ3) is 4.96. The fraction of sp³-hybridized carbons (Fsp3) is 0.444. The molecule has 5 heterocycles. The minimum atomic E-state index is -4.58. The molecule has 0 saturated carbocycles. The van der Waals surface area contributed by atoms with Crippen LogP contribution >= 0.6 is 0 Å². The molecule has 6 rings (SSSR count). The second kappa shape index (κ2) is 10.3. The van der Waals surface area contributed by atoms with E-state index in [-0.39, 0.29) is 38.2 Å². The second-order valence-corrected chi connectivity index (χ2v) is 10.5. The van der Waals surface area contributed by atoms with Crippen molar-refractivity contribution in [3.63, 3.8) is 0 Å². The number of para-hydroxylation sites is 1. The Labute approximate surface area is 232 Å². The third-order valence-corrected chi connectivity index (χ3v) is 8.11. The van der Waals surface area contributed by atoms with Crippen molar-refractivity contribution >= 4 is 34.4 Å². The van der Waals surface area contributed by atoms with E-state index in [1.165, 1.54) is 11.1 Å². The average Bonchev–Trinajstić information content (AvgIpc) is 3.56. The number of hydrogen-bond acceptors (Lipinski definition) is 7. The number of alkyl halides is 3. The number of morpholine rings is 1. The number of nitrogens with zero attached hydrogens (tertiary/aromatic N) is 6. The number of nitrogens with one attached hydrogen (secondary N) is 1. The monoisotopic (exact) mass is 571 g/mol. The fourth-order valence-electron chi connectivity index (χ4n) is 5.88. The Morgan fingerprint density at radius 2 is 1.83 bits per heavy atom. The first kappa shape index (κ1) is 27.0. The number of piperidine rings is 1. The first-order valence-corrected chi connectivity index (χ1v) is 13.3. The molecule has 1 spiro atoms. The van der Waals surface area contributed by atoms with Gasteiger partial charge in [0.2, 0.25) is 5.91 Å². The van der Waals surface area contributed by atoms with Gasteiger partial charge in [0.15, 0.2) is 11.8 Å². The van der Waals surface area contributed by atoms with Crippen molar-refractivity contribution in [2.45, 2.75) is 30.7 Å². The molecule has 3 aliphatic heterocycles. The minimum absolute atomic E-state index is 0.0253. The number of likely N-dealkylation sites (tertiary alicyclic amines) is 1. The Morgan fingerprint density at radius 3 is 2.56 bits per heavy atom. The van der Waals surface area contributed by atoms with E-state index in [4.69, 9.17) is 4.74 Å². The van der Waals surface area contributed by atoms with E-state index in [1.807, 2.05) is 35.2 Å². The predicted octanol–water partition coefficient (Wildman–Crippen LogP) is 2.03. The van der Waals surface area contributed by atoms with Gasteiger partial charge in [-0.25, -0.2) is 4.98 Å². The molecule has 3 saturated heterocycles. The van der Waals surface area contributed by atoms with Gasteiger partial charge in [0.1, 0.15) is 12.1 Å². The van der Waals surface area contributed by atoms with E-state index in [0.717, 1.165) is 10.6 Å².